The van der Waals surface area contributed by atoms with Crippen molar-refractivity contribution in [3.63, 3.8) is 0 Å². The van der Waals surface area contributed by atoms with Crippen LogP contribution < -0.4 is 10.2 Å². The number of hydrogen-bond donors (Lipinski definition) is 2. The number of nitrogens with zero attached hydrogens (tertiary/aromatic N) is 2. The first-order valence-electron chi connectivity index (χ1n) is 7.82. The second-order valence-corrected chi connectivity index (χ2v) is 6.71. The molecule has 0 aromatic heterocycles. The average molecular weight is 351 g/mol. The van der Waals surface area contributed by atoms with Crippen LogP contribution in [-0.2, 0) is 9.53 Å². The molecule has 0 amide bonds. The molecule has 1 fully saturated rings. The van der Waals surface area contributed by atoms with Crippen molar-refractivity contribution in [3.8, 4) is 0 Å². The molecule has 1 unspecified atom stereocenters. The lowest BCUT2D eigenvalue weighted by Crippen LogP contribution is -2.56. The van der Waals surface area contributed by atoms with E-state index < -0.39 is 39.8 Å². The van der Waals surface area contributed by atoms with E-state index in [1.54, 1.807) is 25.7 Å². The highest BCUT2D eigenvalue weighted by Gasteiger charge is 2.33. The number of carbonyl (C=O) groups is 2. The first kappa shape index (κ1) is 18.7. The molecule has 1 saturated heterocycles. The van der Waals surface area contributed by atoms with E-state index in [9.17, 15) is 24.8 Å². The fourth-order valence-electron chi connectivity index (χ4n) is 2.63. The SMILES string of the molecule is CC(C)(C)OC(=O)C1CNCCN1c1ccc([N+](=O)[O-])c(C(=O)O)c1. The quantitative estimate of drug-likeness (QED) is 0.474. The Morgan fingerprint density at radius 3 is 2.64 bits per heavy atom. The number of piperazine rings is 1. The highest BCUT2D eigenvalue weighted by Crippen LogP contribution is 2.27. The number of anilines is 1. The summed E-state index contributed by atoms with van der Waals surface area (Å²) in [6.07, 6.45) is 0. The van der Waals surface area contributed by atoms with Crippen molar-refractivity contribution in [2.24, 2.45) is 0 Å². The summed E-state index contributed by atoms with van der Waals surface area (Å²) in [5.74, 6) is -1.83. The third-order valence-electron chi connectivity index (χ3n) is 3.66. The minimum absolute atomic E-state index is 0.342. The molecule has 1 aromatic carbocycles. The first-order chi connectivity index (χ1) is 11.6. The van der Waals surface area contributed by atoms with Crippen LogP contribution in [0, 0.1) is 10.1 Å². The molecule has 0 radical (unpaired) electrons. The van der Waals surface area contributed by atoms with Crippen molar-refractivity contribution in [2.45, 2.75) is 32.4 Å². The van der Waals surface area contributed by atoms with Crippen molar-refractivity contribution >= 4 is 23.3 Å². The summed E-state index contributed by atoms with van der Waals surface area (Å²) in [7, 11) is 0. The van der Waals surface area contributed by atoms with Gasteiger partial charge in [0.2, 0.25) is 0 Å². The molecule has 0 bridgehead atoms. The first-order valence-corrected chi connectivity index (χ1v) is 7.82. The van der Waals surface area contributed by atoms with Gasteiger partial charge >= 0.3 is 11.9 Å². The number of benzene rings is 1. The van der Waals surface area contributed by atoms with Gasteiger partial charge in [0.15, 0.2) is 0 Å². The molecule has 1 aromatic rings. The number of carbonyl (C=O) groups excluding carboxylic acids is 1. The lowest BCUT2D eigenvalue weighted by molar-refractivity contribution is -0.385. The van der Waals surface area contributed by atoms with Gasteiger partial charge in [-0.15, -0.1) is 0 Å². The molecule has 9 nitrogen and oxygen atoms in total. The van der Waals surface area contributed by atoms with Gasteiger partial charge in [0.1, 0.15) is 17.2 Å². The van der Waals surface area contributed by atoms with Crippen LogP contribution in [0.5, 0.6) is 0 Å². The molecule has 9 heteroatoms. The lowest BCUT2D eigenvalue weighted by atomic mass is 10.1. The van der Waals surface area contributed by atoms with Gasteiger partial charge < -0.3 is 20.1 Å². The van der Waals surface area contributed by atoms with Gasteiger partial charge in [-0.2, -0.15) is 0 Å². The van der Waals surface area contributed by atoms with Crippen LogP contribution in [0.4, 0.5) is 11.4 Å². The van der Waals surface area contributed by atoms with Crippen LogP contribution >= 0.6 is 0 Å². The van der Waals surface area contributed by atoms with E-state index in [0.717, 1.165) is 6.07 Å². The maximum absolute atomic E-state index is 12.5. The minimum atomic E-state index is -1.39. The van der Waals surface area contributed by atoms with Crippen LogP contribution in [0.1, 0.15) is 31.1 Å². The summed E-state index contributed by atoms with van der Waals surface area (Å²) in [4.78, 5) is 35.8. The van der Waals surface area contributed by atoms with Crippen LogP contribution in [0.25, 0.3) is 0 Å². The zero-order valence-electron chi connectivity index (χ0n) is 14.3. The zero-order valence-corrected chi connectivity index (χ0v) is 14.3. The van der Waals surface area contributed by atoms with Gasteiger partial charge in [-0.3, -0.25) is 10.1 Å². The topological polar surface area (TPSA) is 122 Å². The number of nitro groups is 1. The highest BCUT2D eigenvalue weighted by atomic mass is 16.6. The van der Waals surface area contributed by atoms with Crippen molar-refractivity contribution < 1.29 is 24.4 Å². The minimum Gasteiger partial charge on any atom is -0.477 e. The smallest absolute Gasteiger partial charge is 0.342 e. The van der Waals surface area contributed by atoms with Crippen molar-refractivity contribution in [1.29, 1.82) is 0 Å². The molecular weight excluding hydrogens is 330 g/mol. The van der Waals surface area contributed by atoms with Crippen LogP contribution in [-0.4, -0.2) is 53.2 Å². The van der Waals surface area contributed by atoms with E-state index in [0.29, 0.717) is 25.3 Å². The largest absolute Gasteiger partial charge is 0.477 e. The van der Waals surface area contributed by atoms with Gasteiger partial charge in [-0.05, 0) is 32.9 Å². The number of ether oxygens (including phenoxy) is 1. The monoisotopic (exact) mass is 351 g/mol. The van der Waals surface area contributed by atoms with E-state index in [1.807, 2.05) is 0 Å². The molecule has 0 aliphatic carbocycles. The van der Waals surface area contributed by atoms with E-state index in [4.69, 9.17) is 4.74 Å². The highest BCUT2D eigenvalue weighted by molar-refractivity contribution is 5.94. The van der Waals surface area contributed by atoms with Gasteiger partial charge in [-0.1, -0.05) is 0 Å². The second-order valence-electron chi connectivity index (χ2n) is 6.71. The Kier molecular flexibility index (Phi) is 5.27. The molecule has 1 aliphatic heterocycles. The fourth-order valence-corrected chi connectivity index (χ4v) is 2.63. The molecule has 0 saturated carbocycles. The van der Waals surface area contributed by atoms with Crippen LogP contribution in [0.2, 0.25) is 0 Å². The van der Waals surface area contributed by atoms with E-state index in [-0.39, 0.29) is 0 Å². The standard InChI is InChI=1S/C16H21N3O6/c1-16(2,3)25-15(22)13-9-17-6-7-18(13)10-4-5-12(19(23)24)11(8-10)14(20)21/h4-5,8,13,17H,6-7,9H2,1-3H3,(H,20,21). The molecule has 2 rings (SSSR count). The van der Waals surface area contributed by atoms with Gasteiger partial charge in [-0.25, -0.2) is 9.59 Å². The molecule has 2 N–H and O–H groups in total. The van der Waals surface area contributed by atoms with Gasteiger partial charge in [0.25, 0.3) is 5.69 Å². The van der Waals surface area contributed by atoms with E-state index >= 15 is 0 Å². The summed E-state index contributed by atoms with van der Waals surface area (Å²) in [5.41, 5.74) is -1.12. The zero-order chi connectivity index (χ0) is 18.8. The Morgan fingerprint density at radius 1 is 1.40 bits per heavy atom. The Bertz CT molecular complexity index is 698. The van der Waals surface area contributed by atoms with Crippen LogP contribution in [0.15, 0.2) is 18.2 Å². The second kappa shape index (κ2) is 7.06. The normalized spacial score (nSPS) is 17.9. The lowest BCUT2D eigenvalue weighted by Gasteiger charge is -2.37. The summed E-state index contributed by atoms with van der Waals surface area (Å²) in [6.45, 7) is 6.67. The summed E-state index contributed by atoms with van der Waals surface area (Å²) < 4.78 is 5.42. The number of aromatic carboxylic acids is 1. The van der Waals surface area contributed by atoms with Crippen molar-refractivity contribution in [3.05, 3.63) is 33.9 Å². The summed E-state index contributed by atoms with van der Waals surface area (Å²) in [6, 6.07) is 3.18. The number of carboxylic acids is 1. The van der Waals surface area contributed by atoms with Crippen molar-refractivity contribution in [1.82, 2.24) is 5.32 Å². The third-order valence-corrected chi connectivity index (χ3v) is 3.66. The predicted molar refractivity (Wildman–Crippen MR) is 89.9 cm³/mol. The Hall–Kier alpha value is -2.68. The number of hydrogen-bond acceptors (Lipinski definition) is 7. The number of carboxylic acid groups (broad SMARTS) is 1. The maximum Gasteiger partial charge on any atom is 0.342 e. The van der Waals surface area contributed by atoms with Gasteiger partial charge in [0.05, 0.1) is 4.92 Å². The molecular formula is C16H21N3O6. The third kappa shape index (κ3) is 4.44. The predicted octanol–water partition coefficient (Wildman–Crippen LogP) is 1.41. The molecule has 0 spiro atoms. The fraction of sp³-hybridized carbons (Fsp3) is 0.500. The number of rotatable bonds is 4. The molecule has 1 heterocycles. The Balaban J connectivity index is 2.37. The Labute approximate surface area is 144 Å². The van der Waals surface area contributed by atoms with Crippen LogP contribution in [0.3, 0.4) is 0 Å². The number of esters is 1. The Morgan fingerprint density at radius 2 is 2.08 bits per heavy atom. The molecule has 1 aliphatic rings. The van der Waals surface area contributed by atoms with E-state index in [1.165, 1.54) is 12.1 Å². The average Bonchev–Trinajstić information content (AvgIpc) is 2.52. The van der Waals surface area contributed by atoms with Gasteiger partial charge in [0, 0.05) is 31.4 Å². The summed E-state index contributed by atoms with van der Waals surface area (Å²) >= 11 is 0. The molecule has 1 atom stereocenters. The summed E-state index contributed by atoms with van der Waals surface area (Å²) in [5, 5.41) is 23.3. The maximum atomic E-state index is 12.5. The number of nitrogens with one attached hydrogen (secondary N) is 1. The molecule has 25 heavy (non-hydrogen) atoms. The van der Waals surface area contributed by atoms with Crippen molar-refractivity contribution in [2.75, 3.05) is 24.5 Å². The molecule has 136 valence electrons. The number of nitro benzene ring substituents is 1. The van der Waals surface area contributed by atoms with E-state index in [2.05, 4.69) is 5.32 Å².